The van der Waals surface area contributed by atoms with Crippen LogP contribution >= 0.6 is 11.6 Å². The largest absolute Gasteiger partial charge is 0.381 e. The highest BCUT2D eigenvalue weighted by atomic mass is 35.5. The minimum absolute atomic E-state index is 0.174. The fraction of sp³-hybridized carbons (Fsp3) is 0.588. The maximum absolute atomic E-state index is 12.4. The normalized spacial score (nSPS) is 23.0. The summed E-state index contributed by atoms with van der Waals surface area (Å²) in [6.45, 7) is 2.56. The van der Waals surface area contributed by atoms with Gasteiger partial charge in [-0.1, -0.05) is 23.7 Å². The number of halogens is 1. The Balaban J connectivity index is 1.47. The number of nitrogens with one attached hydrogen (secondary N) is 1. The van der Waals surface area contributed by atoms with Crippen molar-refractivity contribution in [2.45, 2.75) is 37.5 Å². The second kappa shape index (κ2) is 6.37. The Morgan fingerprint density at radius 1 is 1.33 bits per heavy atom. The Bertz CT molecular complexity index is 490. The smallest absolute Gasteiger partial charge is 0.230 e. The van der Waals surface area contributed by atoms with Gasteiger partial charge in [0.2, 0.25) is 5.91 Å². The maximum Gasteiger partial charge on any atom is 0.230 e. The average molecular weight is 308 g/mol. The van der Waals surface area contributed by atoms with Gasteiger partial charge < -0.3 is 10.1 Å². The zero-order valence-corrected chi connectivity index (χ0v) is 13.0. The average Bonchev–Trinajstić information content (AvgIpc) is 3.14. The van der Waals surface area contributed by atoms with E-state index in [1.54, 1.807) is 0 Å². The van der Waals surface area contributed by atoms with E-state index < -0.39 is 0 Å². The van der Waals surface area contributed by atoms with Crippen LogP contribution in [0.5, 0.6) is 0 Å². The summed E-state index contributed by atoms with van der Waals surface area (Å²) in [5.41, 5.74) is 0.801. The van der Waals surface area contributed by atoms with Gasteiger partial charge in [0.25, 0.3) is 0 Å². The summed E-state index contributed by atoms with van der Waals surface area (Å²) < 4.78 is 5.37. The van der Waals surface area contributed by atoms with E-state index in [0.29, 0.717) is 10.9 Å². The SMILES string of the molecule is O=C(NCCC[C@@H]1CCOC1)C1(c2ccc(Cl)cc2)CC1. The molecule has 1 aromatic carbocycles. The summed E-state index contributed by atoms with van der Waals surface area (Å²) in [6.07, 6.45) is 5.24. The lowest BCUT2D eigenvalue weighted by atomic mass is 9.95. The Kier molecular flexibility index (Phi) is 4.51. The van der Waals surface area contributed by atoms with Gasteiger partial charge in [0, 0.05) is 24.8 Å². The molecular formula is C17H22ClNO2. The summed E-state index contributed by atoms with van der Waals surface area (Å²) in [5.74, 6) is 0.862. The zero-order chi connectivity index (χ0) is 14.7. The van der Waals surface area contributed by atoms with Crippen molar-refractivity contribution in [3.8, 4) is 0 Å². The first kappa shape index (κ1) is 14.9. The molecule has 2 fully saturated rings. The van der Waals surface area contributed by atoms with Crippen LogP contribution in [-0.2, 0) is 14.9 Å². The summed E-state index contributed by atoms with van der Waals surface area (Å²) in [5, 5.41) is 3.83. The number of rotatable bonds is 6. The summed E-state index contributed by atoms with van der Waals surface area (Å²) in [7, 11) is 0. The molecule has 0 spiro atoms. The molecule has 0 radical (unpaired) electrons. The minimum atomic E-state index is -0.291. The molecule has 0 aromatic heterocycles. The van der Waals surface area contributed by atoms with Crippen molar-refractivity contribution in [3.05, 3.63) is 34.9 Å². The van der Waals surface area contributed by atoms with Gasteiger partial charge >= 0.3 is 0 Å². The Morgan fingerprint density at radius 2 is 2.10 bits per heavy atom. The lowest BCUT2D eigenvalue weighted by Crippen LogP contribution is -2.35. The molecule has 1 aliphatic heterocycles. The molecule has 1 aromatic rings. The molecule has 1 N–H and O–H groups in total. The quantitative estimate of drug-likeness (QED) is 0.819. The van der Waals surface area contributed by atoms with Crippen LogP contribution in [0.15, 0.2) is 24.3 Å². The Morgan fingerprint density at radius 3 is 2.71 bits per heavy atom. The topological polar surface area (TPSA) is 38.3 Å². The third kappa shape index (κ3) is 3.41. The van der Waals surface area contributed by atoms with E-state index in [9.17, 15) is 4.79 Å². The molecule has 21 heavy (non-hydrogen) atoms. The fourth-order valence-corrected chi connectivity index (χ4v) is 3.24. The van der Waals surface area contributed by atoms with Gasteiger partial charge in [-0.2, -0.15) is 0 Å². The van der Waals surface area contributed by atoms with E-state index in [0.717, 1.165) is 51.0 Å². The van der Waals surface area contributed by atoms with Gasteiger partial charge in [0.1, 0.15) is 0 Å². The molecule has 0 bridgehead atoms. The predicted octanol–water partition coefficient (Wildman–Crippen LogP) is 3.30. The van der Waals surface area contributed by atoms with Crippen molar-refractivity contribution in [3.63, 3.8) is 0 Å². The number of hydrogen-bond acceptors (Lipinski definition) is 2. The number of ether oxygens (including phenoxy) is 1. The molecule has 1 heterocycles. The number of carbonyl (C=O) groups is 1. The van der Waals surface area contributed by atoms with E-state index in [2.05, 4.69) is 5.32 Å². The van der Waals surface area contributed by atoms with Gasteiger partial charge in [-0.15, -0.1) is 0 Å². The van der Waals surface area contributed by atoms with Crippen LogP contribution in [0.25, 0.3) is 0 Å². The first-order valence-electron chi connectivity index (χ1n) is 7.83. The molecule has 1 aliphatic carbocycles. The first-order chi connectivity index (χ1) is 10.2. The van der Waals surface area contributed by atoms with Crippen molar-refractivity contribution in [1.82, 2.24) is 5.32 Å². The molecule has 1 amide bonds. The van der Waals surface area contributed by atoms with E-state index in [1.807, 2.05) is 24.3 Å². The maximum atomic E-state index is 12.4. The molecule has 3 nitrogen and oxygen atoms in total. The van der Waals surface area contributed by atoms with Gasteiger partial charge in [0.05, 0.1) is 5.41 Å². The molecule has 0 unspecified atom stereocenters. The van der Waals surface area contributed by atoms with Crippen LogP contribution in [-0.4, -0.2) is 25.7 Å². The fourth-order valence-electron chi connectivity index (χ4n) is 3.11. The lowest BCUT2D eigenvalue weighted by Gasteiger charge is -2.16. The van der Waals surface area contributed by atoms with Crippen LogP contribution in [0.4, 0.5) is 0 Å². The third-order valence-corrected chi connectivity index (χ3v) is 4.93. The van der Waals surface area contributed by atoms with E-state index in [1.165, 1.54) is 6.42 Å². The van der Waals surface area contributed by atoms with Crippen LogP contribution in [0.1, 0.15) is 37.7 Å². The van der Waals surface area contributed by atoms with Gasteiger partial charge in [-0.25, -0.2) is 0 Å². The van der Waals surface area contributed by atoms with Crippen molar-refractivity contribution >= 4 is 17.5 Å². The summed E-state index contributed by atoms with van der Waals surface area (Å²) in [4.78, 5) is 12.4. The van der Waals surface area contributed by atoms with Crippen molar-refractivity contribution in [1.29, 1.82) is 0 Å². The van der Waals surface area contributed by atoms with E-state index in [4.69, 9.17) is 16.3 Å². The van der Waals surface area contributed by atoms with Crippen molar-refractivity contribution in [2.24, 2.45) is 5.92 Å². The zero-order valence-electron chi connectivity index (χ0n) is 12.2. The molecule has 1 atom stereocenters. The number of carbonyl (C=O) groups excluding carboxylic acids is 1. The Labute approximate surface area is 131 Å². The van der Waals surface area contributed by atoms with Crippen LogP contribution < -0.4 is 5.32 Å². The summed E-state index contributed by atoms with van der Waals surface area (Å²) in [6, 6.07) is 7.68. The van der Waals surface area contributed by atoms with Crippen molar-refractivity contribution < 1.29 is 9.53 Å². The summed E-state index contributed by atoms with van der Waals surface area (Å²) >= 11 is 5.92. The lowest BCUT2D eigenvalue weighted by molar-refractivity contribution is -0.123. The minimum Gasteiger partial charge on any atom is -0.381 e. The van der Waals surface area contributed by atoms with Gasteiger partial charge in [0.15, 0.2) is 0 Å². The van der Waals surface area contributed by atoms with Gasteiger partial charge in [-0.05, 0) is 55.7 Å². The number of benzene rings is 1. The molecule has 1 saturated carbocycles. The van der Waals surface area contributed by atoms with Crippen LogP contribution in [0.2, 0.25) is 5.02 Å². The second-order valence-electron chi connectivity index (χ2n) is 6.22. The molecule has 4 heteroatoms. The second-order valence-corrected chi connectivity index (χ2v) is 6.65. The third-order valence-electron chi connectivity index (χ3n) is 4.68. The highest BCUT2D eigenvalue weighted by Gasteiger charge is 2.50. The Hall–Kier alpha value is -1.06. The van der Waals surface area contributed by atoms with Crippen LogP contribution in [0.3, 0.4) is 0 Å². The highest BCUT2D eigenvalue weighted by molar-refractivity contribution is 6.30. The molecule has 3 rings (SSSR count). The molecule has 2 aliphatic rings. The molecular weight excluding hydrogens is 286 g/mol. The number of amides is 1. The number of hydrogen-bond donors (Lipinski definition) is 1. The molecule has 1 saturated heterocycles. The predicted molar refractivity (Wildman–Crippen MR) is 83.5 cm³/mol. The molecule has 114 valence electrons. The van der Waals surface area contributed by atoms with E-state index >= 15 is 0 Å². The highest BCUT2D eigenvalue weighted by Crippen LogP contribution is 2.48. The first-order valence-corrected chi connectivity index (χ1v) is 8.21. The van der Waals surface area contributed by atoms with Crippen LogP contribution in [0, 0.1) is 5.92 Å². The van der Waals surface area contributed by atoms with Gasteiger partial charge in [-0.3, -0.25) is 4.79 Å². The monoisotopic (exact) mass is 307 g/mol. The van der Waals surface area contributed by atoms with Crippen molar-refractivity contribution in [2.75, 3.05) is 19.8 Å². The van der Waals surface area contributed by atoms with E-state index in [-0.39, 0.29) is 11.3 Å². The standard InChI is InChI=1S/C17H22ClNO2/c18-15-5-3-14(4-6-15)17(8-9-17)16(20)19-10-1-2-13-7-11-21-12-13/h3-6,13H,1-2,7-12H2,(H,19,20)/t13-/m1/s1.